The van der Waals surface area contributed by atoms with E-state index in [1.807, 2.05) is 40.7 Å². The molecule has 0 radical (unpaired) electrons. The van der Waals surface area contributed by atoms with Gasteiger partial charge in [-0.3, -0.25) is 0 Å². The van der Waals surface area contributed by atoms with Crippen molar-refractivity contribution in [2.45, 2.75) is 82.1 Å². The van der Waals surface area contributed by atoms with Crippen molar-refractivity contribution in [1.82, 2.24) is 0 Å². The van der Waals surface area contributed by atoms with Crippen molar-refractivity contribution in [2.75, 3.05) is 7.11 Å². The lowest BCUT2D eigenvalue weighted by atomic mass is 10.2. The summed E-state index contributed by atoms with van der Waals surface area (Å²) in [5, 5.41) is 7.00. The SMILES string of the molecule is CC.CC.CCC.CCC.CO.Cc1ccc(C)c(F)c1. The fourth-order valence-electron chi connectivity index (χ4n) is 0.698. The van der Waals surface area contributed by atoms with Gasteiger partial charge in [0.25, 0.3) is 0 Å². The van der Waals surface area contributed by atoms with E-state index < -0.39 is 0 Å². The summed E-state index contributed by atoms with van der Waals surface area (Å²) in [5.41, 5.74) is 1.68. The number of aliphatic hydroxyl groups is 1. The summed E-state index contributed by atoms with van der Waals surface area (Å²) in [5.74, 6) is -0.116. The monoisotopic (exact) mass is 304 g/mol. The molecule has 0 bridgehead atoms. The molecular formula is C19H41FO. The van der Waals surface area contributed by atoms with Crippen LogP contribution in [-0.4, -0.2) is 12.2 Å². The van der Waals surface area contributed by atoms with Gasteiger partial charge in [0.15, 0.2) is 0 Å². The predicted molar refractivity (Wildman–Crippen MR) is 98.6 cm³/mol. The van der Waals surface area contributed by atoms with E-state index in [1.54, 1.807) is 13.0 Å². The third-order valence-electron chi connectivity index (χ3n) is 1.33. The van der Waals surface area contributed by atoms with Crippen LogP contribution in [0.15, 0.2) is 18.2 Å². The molecule has 0 fully saturated rings. The van der Waals surface area contributed by atoms with E-state index in [1.165, 1.54) is 18.9 Å². The Morgan fingerprint density at radius 1 is 0.810 bits per heavy atom. The third-order valence-corrected chi connectivity index (χ3v) is 1.33. The van der Waals surface area contributed by atoms with Crippen molar-refractivity contribution in [3.63, 3.8) is 0 Å². The first-order chi connectivity index (χ1) is 10.0. The van der Waals surface area contributed by atoms with Crippen LogP contribution in [0.25, 0.3) is 0 Å². The lowest BCUT2D eigenvalue weighted by Crippen LogP contribution is -1.81. The third kappa shape index (κ3) is 38.1. The van der Waals surface area contributed by atoms with Crippen LogP contribution in [0, 0.1) is 19.7 Å². The number of benzene rings is 1. The summed E-state index contributed by atoms with van der Waals surface area (Å²) in [6.07, 6.45) is 2.50. The predicted octanol–water partition coefficient (Wildman–Crippen LogP) is 6.94. The van der Waals surface area contributed by atoms with Crippen LogP contribution >= 0.6 is 0 Å². The summed E-state index contributed by atoms with van der Waals surface area (Å²) >= 11 is 0. The second kappa shape index (κ2) is 36.5. The van der Waals surface area contributed by atoms with Gasteiger partial charge in [-0.15, -0.1) is 0 Å². The van der Waals surface area contributed by atoms with Gasteiger partial charge in [0.05, 0.1) is 0 Å². The molecule has 0 heterocycles. The van der Waals surface area contributed by atoms with Crippen molar-refractivity contribution in [2.24, 2.45) is 0 Å². The van der Waals surface area contributed by atoms with Gasteiger partial charge in [-0.05, 0) is 31.0 Å². The molecule has 1 aromatic carbocycles. The van der Waals surface area contributed by atoms with Gasteiger partial charge in [-0.1, -0.05) is 80.4 Å². The van der Waals surface area contributed by atoms with E-state index in [-0.39, 0.29) is 5.82 Å². The van der Waals surface area contributed by atoms with E-state index in [4.69, 9.17) is 5.11 Å². The minimum Gasteiger partial charge on any atom is -0.400 e. The summed E-state index contributed by atoms with van der Waals surface area (Å²) in [6, 6.07) is 5.22. The maximum Gasteiger partial charge on any atom is 0.126 e. The zero-order valence-corrected chi connectivity index (χ0v) is 16.5. The highest BCUT2D eigenvalue weighted by Gasteiger charge is 1.93. The zero-order chi connectivity index (χ0) is 18.3. The lowest BCUT2D eigenvalue weighted by molar-refractivity contribution is 0.399. The minimum atomic E-state index is -0.116. The van der Waals surface area contributed by atoms with Gasteiger partial charge in [-0.25, -0.2) is 4.39 Å². The van der Waals surface area contributed by atoms with Gasteiger partial charge in [0, 0.05) is 7.11 Å². The normalized spacial score (nSPS) is 6.71. The van der Waals surface area contributed by atoms with E-state index in [2.05, 4.69) is 27.7 Å². The second-order valence-electron chi connectivity index (χ2n) is 3.67. The Hall–Kier alpha value is -0.890. The van der Waals surface area contributed by atoms with Crippen molar-refractivity contribution in [3.05, 3.63) is 35.1 Å². The van der Waals surface area contributed by atoms with Crippen LogP contribution in [-0.2, 0) is 0 Å². The summed E-state index contributed by atoms with van der Waals surface area (Å²) in [4.78, 5) is 0. The quantitative estimate of drug-likeness (QED) is 0.550. The molecule has 1 rings (SSSR count). The molecule has 21 heavy (non-hydrogen) atoms. The van der Waals surface area contributed by atoms with E-state index in [0.717, 1.165) is 12.7 Å². The van der Waals surface area contributed by atoms with Gasteiger partial charge in [-0.2, -0.15) is 0 Å². The Labute approximate surface area is 134 Å². The Morgan fingerprint density at radius 2 is 1.10 bits per heavy atom. The number of hydrogen-bond acceptors (Lipinski definition) is 1. The smallest absolute Gasteiger partial charge is 0.126 e. The molecule has 0 saturated heterocycles. The molecule has 0 saturated carbocycles. The molecule has 1 N–H and O–H groups in total. The molecular weight excluding hydrogens is 263 g/mol. The molecule has 1 aromatic rings. The van der Waals surface area contributed by atoms with Crippen molar-refractivity contribution in [1.29, 1.82) is 0 Å². The van der Waals surface area contributed by atoms with E-state index in [0.29, 0.717) is 5.56 Å². The highest BCUT2D eigenvalue weighted by Crippen LogP contribution is 2.06. The molecule has 0 aliphatic carbocycles. The first-order valence-electron chi connectivity index (χ1n) is 8.20. The Kier molecular flexibility index (Phi) is 55.9. The second-order valence-corrected chi connectivity index (χ2v) is 3.67. The van der Waals surface area contributed by atoms with Crippen LogP contribution in [0.5, 0.6) is 0 Å². The molecule has 0 spiro atoms. The Morgan fingerprint density at radius 3 is 1.29 bits per heavy atom. The number of halogens is 1. The van der Waals surface area contributed by atoms with Gasteiger partial charge >= 0.3 is 0 Å². The first-order valence-corrected chi connectivity index (χ1v) is 8.20. The maximum absolute atomic E-state index is 12.6. The Balaban J connectivity index is -0.0000000603. The molecule has 0 amide bonds. The Bertz CT molecular complexity index is 245. The average molecular weight is 305 g/mol. The molecule has 0 aromatic heterocycles. The van der Waals surface area contributed by atoms with E-state index >= 15 is 0 Å². The minimum absolute atomic E-state index is 0.116. The number of hydrogen-bond donors (Lipinski definition) is 1. The maximum atomic E-state index is 12.6. The molecule has 0 aliphatic heterocycles. The molecule has 0 aliphatic rings. The number of aliphatic hydroxyl groups excluding tert-OH is 1. The topological polar surface area (TPSA) is 20.2 Å². The summed E-state index contributed by atoms with van der Waals surface area (Å²) in [7, 11) is 1.00. The van der Waals surface area contributed by atoms with Gasteiger partial charge in [0.2, 0.25) is 0 Å². The number of rotatable bonds is 0. The first kappa shape index (κ1) is 32.2. The number of aryl methyl sites for hydroxylation is 2. The fraction of sp³-hybridized carbons (Fsp3) is 0.684. The van der Waals surface area contributed by atoms with Crippen molar-refractivity contribution in [3.8, 4) is 0 Å². The van der Waals surface area contributed by atoms with Crippen LogP contribution in [0.3, 0.4) is 0 Å². The van der Waals surface area contributed by atoms with Gasteiger partial charge < -0.3 is 5.11 Å². The van der Waals surface area contributed by atoms with Crippen LogP contribution < -0.4 is 0 Å². The molecule has 2 heteroatoms. The summed E-state index contributed by atoms with van der Waals surface area (Å²) < 4.78 is 12.6. The van der Waals surface area contributed by atoms with Crippen LogP contribution in [0.4, 0.5) is 4.39 Å². The highest BCUT2D eigenvalue weighted by atomic mass is 19.1. The molecule has 0 atom stereocenters. The molecule has 0 unspecified atom stereocenters. The van der Waals surface area contributed by atoms with Crippen LogP contribution in [0.1, 0.15) is 79.4 Å². The zero-order valence-electron chi connectivity index (χ0n) is 16.5. The fourth-order valence-corrected chi connectivity index (χ4v) is 0.698. The van der Waals surface area contributed by atoms with Crippen LogP contribution in [0.2, 0.25) is 0 Å². The van der Waals surface area contributed by atoms with E-state index in [9.17, 15) is 4.39 Å². The largest absolute Gasteiger partial charge is 0.400 e. The standard InChI is InChI=1S/C8H9F.2C3H8.2C2H6.CH4O/c1-6-3-4-7(2)8(9)5-6;2*1-3-2;3*1-2/h3-5H,1-2H3;2*3H2,1-2H3;2*1-2H3;2H,1H3. The molecule has 130 valence electrons. The van der Waals surface area contributed by atoms with Crippen molar-refractivity contribution >= 4 is 0 Å². The highest BCUT2D eigenvalue weighted by molar-refractivity contribution is 5.21. The lowest BCUT2D eigenvalue weighted by Gasteiger charge is -1.94. The van der Waals surface area contributed by atoms with Gasteiger partial charge in [0.1, 0.15) is 5.82 Å². The summed E-state index contributed by atoms with van der Waals surface area (Å²) in [6.45, 7) is 20.1. The average Bonchev–Trinajstić information content (AvgIpc) is 2.51. The molecule has 1 nitrogen and oxygen atoms in total. The van der Waals surface area contributed by atoms with Crippen molar-refractivity contribution < 1.29 is 9.50 Å².